The molecule has 0 bridgehead atoms. The van der Waals surface area contributed by atoms with E-state index in [-0.39, 0.29) is 24.8 Å². The first kappa shape index (κ1) is 20.6. The average molecular weight is 354 g/mol. The summed E-state index contributed by atoms with van der Waals surface area (Å²) >= 11 is 1.73. The van der Waals surface area contributed by atoms with Gasteiger partial charge in [-0.2, -0.15) is 0 Å². The lowest BCUT2D eigenvalue weighted by Gasteiger charge is -2.32. The second-order valence-electron chi connectivity index (χ2n) is 5.21. The molecule has 1 saturated heterocycles. The summed E-state index contributed by atoms with van der Waals surface area (Å²) in [5, 5.41) is 6.38. The van der Waals surface area contributed by atoms with E-state index in [1.165, 1.54) is 5.01 Å². The van der Waals surface area contributed by atoms with Crippen molar-refractivity contribution in [2.45, 2.75) is 38.5 Å². The van der Waals surface area contributed by atoms with Crippen molar-refractivity contribution < 1.29 is 4.79 Å². The van der Waals surface area contributed by atoms with Crippen LogP contribution in [-0.4, -0.2) is 42.5 Å². The van der Waals surface area contributed by atoms with Crippen LogP contribution in [0.15, 0.2) is 5.38 Å². The zero-order valence-corrected chi connectivity index (χ0v) is 15.1. The van der Waals surface area contributed by atoms with Crippen LogP contribution >= 0.6 is 36.2 Å². The molecule has 1 aliphatic rings. The van der Waals surface area contributed by atoms with Gasteiger partial charge in [0.2, 0.25) is 5.91 Å². The summed E-state index contributed by atoms with van der Waals surface area (Å²) < 4.78 is 0. The highest BCUT2D eigenvalue weighted by molar-refractivity contribution is 7.09. The molecule has 1 aromatic heterocycles. The molecule has 0 spiro atoms. The van der Waals surface area contributed by atoms with Crippen LogP contribution in [0.3, 0.4) is 0 Å². The first-order chi connectivity index (χ1) is 9.20. The summed E-state index contributed by atoms with van der Waals surface area (Å²) in [6.07, 6.45) is 3.84. The highest BCUT2D eigenvalue weighted by Gasteiger charge is 2.25. The molecule has 0 radical (unpaired) electrons. The van der Waals surface area contributed by atoms with Crippen LogP contribution in [0.1, 0.15) is 42.3 Å². The van der Waals surface area contributed by atoms with Gasteiger partial charge in [0, 0.05) is 36.5 Å². The smallest absolute Gasteiger partial charge is 0.222 e. The van der Waals surface area contributed by atoms with Gasteiger partial charge in [0.1, 0.15) is 0 Å². The number of hydrogen-bond acceptors (Lipinski definition) is 4. The van der Waals surface area contributed by atoms with Crippen LogP contribution in [0.2, 0.25) is 0 Å². The maximum absolute atomic E-state index is 12.1. The monoisotopic (exact) mass is 353 g/mol. The molecule has 1 amide bonds. The van der Waals surface area contributed by atoms with Gasteiger partial charge in [-0.1, -0.05) is 0 Å². The normalized spacial score (nSPS) is 17.8. The Morgan fingerprint density at radius 2 is 2.29 bits per heavy atom. The number of amides is 1. The molecule has 1 atom stereocenters. The van der Waals surface area contributed by atoms with Crippen LogP contribution in [-0.2, 0) is 4.79 Å². The molecule has 0 aromatic carbocycles. The summed E-state index contributed by atoms with van der Waals surface area (Å²) in [6.45, 7) is 4.71. The van der Waals surface area contributed by atoms with Gasteiger partial charge in [0.05, 0.1) is 5.01 Å². The van der Waals surface area contributed by atoms with E-state index in [9.17, 15) is 4.79 Å². The highest BCUT2D eigenvalue weighted by Crippen LogP contribution is 2.29. The molecule has 122 valence electrons. The summed E-state index contributed by atoms with van der Waals surface area (Å²) in [4.78, 5) is 18.7. The molecule has 1 fully saturated rings. The van der Waals surface area contributed by atoms with Crippen molar-refractivity contribution in [3.05, 3.63) is 16.1 Å². The minimum absolute atomic E-state index is 0. The molecule has 7 heteroatoms. The van der Waals surface area contributed by atoms with E-state index in [0.29, 0.717) is 18.2 Å². The fourth-order valence-corrected chi connectivity index (χ4v) is 3.46. The van der Waals surface area contributed by atoms with E-state index in [1.807, 2.05) is 18.9 Å². The second kappa shape index (κ2) is 10.4. The molecule has 2 rings (SSSR count). The largest absolute Gasteiger partial charge is 0.342 e. The molecular formula is C14H25Cl2N3OS. The number of thiazole rings is 1. The van der Waals surface area contributed by atoms with E-state index in [2.05, 4.69) is 15.7 Å². The predicted molar refractivity (Wildman–Crippen MR) is 93.1 cm³/mol. The Labute approximate surface area is 143 Å². The fraction of sp³-hybridized carbons (Fsp3) is 0.714. The van der Waals surface area contributed by atoms with Gasteiger partial charge in [-0.3, -0.25) is 4.79 Å². The predicted octanol–water partition coefficient (Wildman–Crippen LogP) is 3.00. The van der Waals surface area contributed by atoms with Gasteiger partial charge in [-0.25, -0.2) is 4.98 Å². The number of carbonyl (C=O) groups excluding carboxylic acids is 1. The molecule has 4 nitrogen and oxygen atoms in total. The number of halogens is 2. The molecule has 1 N–H and O–H groups in total. The Balaban J connectivity index is 0.00000200. The third-order valence-electron chi connectivity index (χ3n) is 3.58. The lowest BCUT2D eigenvalue weighted by Crippen LogP contribution is -2.39. The topological polar surface area (TPSA) is 45.2 Å². The van der Waals surface area contributed by atoms with Crippen LogP contribution < -0.4 is 5.32 Å². The zero-order valence-electron chi connectivity index (χ0n) is 12.6. The van der Waals surface area contributed by atoms with E-state index in [0.717, 1.165) is 44.6 Å². The lowest BCUT2D eigenvalue weighted by atomic mass is 9.98. The van der Waals surface area contributed by atoms with Crippen molar-refractivity contribution in [1.29, 1.82) is 0 Å². The number of nitrogens with zero attached hydrogens (tertiary/aromatic N) is 2. The Bertz CT molecular complexity index is 428. The van der Waals surface area contributed by atoms with E-state index >= 15 is 0 Å². The van der Waals surface area contributed by atoms with Gasteiger partial charge < -0.3 is 10.2 Å². The quantitative estimate of drug-likeness (QED) is 0.827. The first-order valence-corrected chi connectivity index (χ1v) is 7.93. The minimum atomic E-state index is 0. The first-order valence-electron chi connectivity index (χ1n) is 7.05. The second-order valence-corrected chi connectivity index (χ2v) is 6.10. The van der Waals surface area contributed by atoms with Gasteiger partial charge in [-0.15, -0.1) is 36.2 Å². The number of nitrogens with one attached hydrogen (secondary N) is 1. The molecule has 1 unspecified atom stereocenters. The maximum Gasteiger partial charge on any atom is 0.222 e. The highest BCUT2D eigenvalue weighted by atomic mass is 35.5. The maximum atomic E-state index is 12.1. The number of carbonyl (C=O) groups is 1. The van der Waals surface area contributed by atoms with E-state index in [1.54, 1.807) is 11.3 Å². The fourth-order valence-electron chi connectivity index (χ4n) is 2.54. The van der Waals surface area contributed by atoms with Gasteiger partial charge in [0.25, 0.3) is 0 Å². The summed E-state index contributed by atoms with van der Waals surface area (Å²) in [6, 6.07) is 0. The van der Waals surface area contributed by atoms with Gasteiger partial charge in [-0.05, 0) is 39.8 Å². The van der Waals surface area contributed by atoms with Gasteiger partial charge in [0.15, 0.2) is 0 Å². The van der Waals surface area contributed by atoms with Crippen molar-refractivity contribution in [2.24, 2.45) is 0 Å². The van der Waals surface area contributed by atoms with Crippen LogP contribution in [0.25, 0.3) is 0 Å². The van der Waals surface area contributed by atoms with Crippen molar-refractivity contribution in [3.8, 4) is 0 Å². The summed E-state index contributed by atoms with van der Waals surface area (Å²) in [5.41, 5.74) is 1.09. The summed E-state index contributed by atoms with van der Waals surface area (Å²) in [7, 11) is 1.92. The third kappa shape index (κ3) is 6.10. The van der Waals surface area contributed by atoms with Crippen molar-refractivity contribution >= 4 is 42.1 Å². The van der Waals surface area contributed by atoms with Crippen LogP contribution in [0.5, 0.6) is 0 Å². The van der Waals surface area contributed by atoms with E-state index in [4.69, 9.17) is 0 Å². The number of hydrogen-bond donors (Lipinski definition) is 1. The number of rotatable bonds is 5. The van der Waals surface area contributed by atoms with Crippen LogP contribution in [0, 0.1) is 6.92 Å². The van der Waals surface area contributed by atoms with Crippen molar-refractivity contribution in [1.82, 2.24) is 15.2 Å². The van der Waals surface area contributed by atoms with Crippen molar-refractivity contribution in [3.63, 3.8) is 0 Å². The lowest BCUT2D eigenvalue weighted by molar-refractivity contribution is -0.132. The Morgan fingerprint density at radius 1 is 1.52 bits per heavy atom. The third-order valence-corrected chi connectivity index (χ3v) is 4.70. The Morgan fingerprint density at radius 3 is 2.90 bits per heavy atom. The molecule has 0 saturated carbocycles. The number of aromatic nitrogens is 1. The molecular weight excluding hydrogens is 329 g/mol. The number of likely N-dealkylation sites (tertiary alicyclic amines) is 1. The van der Waals surface area contributed by atoms with Crippen LogP contribution in [0.4, 0.5) is 0 Å². The molecule has 1 aliphatic heterocycles. The summed E-state index contributed by atoms with van der Waals surface area (Å²) in [5.74, 6) is 0.744. The molecule has 0 aliphatic carbocycles. The molecule has 2 heterocycles. The van der Waals surface area contributed by atoms with Gasteiger partial charge >= 0.3 is 0 Å². The zero-order chi connectivity index (χ0) is 13.7. The average Bonchev–Trinajstić information content (AvgIpc) is 2.86. The molecule has 1 aromatic rings. The SMILES string of the molecule is CNCCCC(=O)N1CCCC(c2nc(C)cs2)C1.Cl.Cl. The van der Waals surface area contributed by atoms with Crippen molar-refractivity contribution in [2.75, 3.05) is 26.7 Å². The Hall–Kier alpha value is -0.360. The van der Waals surface area contributed by atoms with E-state index < -0.39 is 0 Å². The standard InChI is InChI=1S/C14H23N3OS.2ClH/c1-11-10-19-14(16-11)12-5-4-8-17(9-12)13(18)6-3-7-15-2;;/h10,12,15H,3-9H2,1-2H3;2*1H. The molecule has 21 heavy (non-hydrogen) atoms. The number of aryl methyl sites for hydroxylation is 1. The Kier molecular flexibility index (Phi) is 10.2. The minimum Gasteiger partial charge on any atom is -0.342 e. The number of piperidine rings is 1.